The molecule has 3 heteroatoms. The molecule has 2 rings (SSSR count). The average Bonchev–Trinajstić information content (AvgIpc) is 2.36. The lowest BCUT2D eigenvalue weighted by atomic mass is 10.1. The molecule has 0 saturated carbocycles. The van der Waals surface area contributed by atoms with Gasteiger partial charge in [-0.1, -0.05) is 55.0 Å². The molecule has 1 radical (unpaired) electrons. The van der Waals surface area contributed by atoms with Gasteiger partial charge in [-0.25, -0.2) is 0 Å². The summed E-state index contributed by atoms with van der Waals surface area (Å²) in [5.74, 6) is 0.964. The van der Waals surface area contributed by atoms with Gasteiger partial charge in [0.2, 0.25) is 0 Å². The predicted octanol–water partition coefficient (Wildman–Crippen LogP) is 5.52. The highest BCUT2D eigenvalue weighted by molar-refractivity contribution is 9.10. The Morgan fingerprint density at radius 3 is 2.37 bits per heavy atom. The first-order valence-electron chi connectivity index (χ1n) is 6.51. The molecular weight excluding hydrogens is 316 g/mol. The molecule has 0 N–H and O–H groups in total. The number of fused-ring (bicyclic) bond motifs is 1. The molecule has 0 bridgehead atoms. The Labute approximate surface area is 125 Å². The van der Waals surface area contributed by atoms with Crippen molar-refractivity contribution in [2.75, 3.05) is 6.61 Å². The van der Waals surface area contributed by atoms with Crippen LogP contribution in [0.15, 0.2) is 40.9 Å². The van der Waals surface area contributed by atoms with Gasteiger partial charge in [-0.05, 0) is 40.1 Å². The molecule has 0 aliphatic rings. The summed E-state index contributed by atoms with van der Waals surface area (Å²) in [6.45, 7) is 10.0. The van der Waals surface area contributed by atoms with E-state index in [-0.39, 0.29) is 8.80 Å². The standard InChI is InChI=1S/C16H20BrOSi/c1-16(2,19(3)4)11-18-15-8-6-12-9-14(17)7-5-13(12)10-15/h5-10H,11H2,1-4H3. The zero-order valence-electron chi connectivity index (χ0n) is 12.0. The zero-order valence-corrected chi connectivity index (χ0v) is 14.5. The Bertz CT molecular complexity index is 578. The molecule has 0 aliphatic carbocycles. The molecule has 1 nitrogen and oxygen atoms in total. The summed E-state index contributed by atoms with van der Waals surface area (Å²) in [5, 5.41) is 2.74. The van der Waals surface area contributed by atoms with Crippen LogP contribution in [0.4, 0.5) is 0 Å². The van der Waals surface area contributed by atoms with E-state index in [2.05, 4.69) is 79.3 Å². The summed E-state index contributed by atoms with van der Waals surface area (Å²) >= 11 is 3.50. The van der Waals surface area contributed by atoms with E-state index in [1.54, 1.807) is 0 Å². The topological polar surface area (TPSA) is 9.23 Å². The van der Waals surface area contributed by atoms with Crippen LogP contribution in [-0.2, 0) is 0 Å². The third kappa shape index (κ3) is 3.60. The quantitative estimate of drug-likeness (QED) is 0.669. The second-order valence-electron chi connectivity index (χ2n) is 5.83. The van der Waals surface area contributed by atoms with Crippen LogP contribution < -0.4 is 4.74 Å². The number of hydrogen-bond acceptors (Lipinski definition) is 1. The first kappa shape index (κ1) is 14.6. The van der Waals surface area contributed by atoms with E-state index in [4.69, 9.17) is 4.74 Å². The number of ether oxygens (including phenoxy) is 1. The molecule has 2 aromatic rings. The number of benzene rings is 2. The molecule has 0 atom stereocenters. The summed E-state index contributed by atoms with van der Waals surface area (Å²) < 4.78 is 7.09. The Morgan fingerprint density at radius 1 is 1.05 bits per heavy atom. The molecule has 0 spiro atoms. The van der Waals surface area contributed by atoms with Crippen LogP contribution in [0.25, 0.3) is 10.8 Å². The van der Waals surface area contributed by atoms with Crippen molar-refractivity contribution in [1.82, 2.24) is 0 Å². The van der Waals surface area contributed by atoms with Crippen LogP contribution in [0.3, 0.4) is 0 Å². The molecule has 0 aliphatic heterocycles. The molecule has 0 fully saturated rings. The van der Waals surface area contributed by atoms with Crippen LogP contribution >= 0.6 is 15.9 Å². The van der Waals surface area contributed by atoms with Gasteiger partial charge in [0, 0.05) is 4.47 Å². The molecule has 101 valence electrons. The first-order chi connectivity index (χ1) is 8.88. The van der Waals surface area contributed by atoms with Gasteiger partial charge in [0.25, 0.3) is 0 Å². The third-order valence-electron chi connectivity index (χ3n) is 3.73. The maximum absolute atomic E-state index is 5.98. The van der Waals surface area contributed by atoms with E-state index in [0.29, 0.717) is 5.04 Å². The number of hydrogen-bond donors (Lipinski definition) is 0. The smallest absolute Gasteiger partial charge is 0.119 e. The first-order valence-corrected chi connectivity index (χ1v) is 9.80. The monoisotopic (exact) mass is 335 g/mol. The lowest BCUT2D eigenvalue weighted by molar-refractivity contribution is 0.277. The maximum Gasteiger partial charge on any atom is 0.119 e. The average molecular weight is 336 g/mol. The van der Waals surface area contributed by atoms with Crippen LogP contribution in [0.5, 0.6) is 5.75 Å². The normalized spacial score (nSPS) is 12.1. The summed E-state index contributed by atoms with van der Waals surface area (Å²) in [7, 11) is -0.359. The van der Waals surface area contributed by atoms with E-state index in [1.807, 2.05) is 0 Å². The lowest BCUT2D eigenvalue weighted by Gasteiger charge is -2.27. The SMILES string of the molecule is C[Si](C)C(C)(C)COc1ccc2cc(Br)ccc2c1. The molecule has 0 saturated heterocycles. The minimum Gasteiger partial charge on any atom is -0.493 e. The minimum absolute atomic E-state index is 0.291. The van der Waals surface area contributed by atoms with Crippen molar-refractivity contribution in [3.63, 3.8) is 0 Å². The summed E-state index contributed by atoms with van der Waals surface area (Å²) in [6, 6.07) is 12.6. The van der Waals surface area contributed by atoms with Gasteiger partial charge in [0.1, 0.15) is 5.75 Å². The molecular formula is C16H20BrOSi. The minimum atomic E-state index is -0.359. The van der Waals surface area contributed by atoms with E-state index < -0.39 is 0 Å². The maximum atomic E-state index is 5.98. The predicted molar refractivity (Wildman–Crippen MR) is 88.7 cm³/mol. The number of rotatable bonds is 4. The zero-order chi connectivity index (χ0) is 14.0. The van der Waals surface area contributed by atoms with Gasteiger partial charge >= 0.3 is 0 Å². The van der Waals surface area contributed by atoms with Crippen LogP contribution in [-0.4, -0.2) is 15.4 Å². The second kappa shape index (κ2) is 5.67. The van der Waals surface area contributed by atoms with Gasteiger partial charge in [0.05, 0.1) is 15.4 Å². The molecule has 0 unspecified atom stereocenters. The van der Waals surface area contributed by atoms with Crippen molar-refractivity contribution in [3.8, 4) is 5.75 Å². The van der Waals surface area contributed by atoms with Crippen LogP contribution in [0, 0.1) is 0 Å². The van der Waals surface area contributed by atoms with Crippen molar-refractivity contribution in [3.05, 3.63) is 40.9 Å². The van der Waals surface area contributed by atoms with Gasteiger partial charge in [0.15, 0.2) is 0 Å². The lowest BCUT2D eigenvalue weighted by Crippen LogP contribution is -2.27. The third-order valence-corrected chi connectivity index (χ3v) is 7.07. The van der Waals surface area contributed by atoms with Crippen molar-refractivity contribution < 1.29 is 4.74 Å². The number of halogens is 1. The van der Waals surface area contributed by atoms with E-state index >= 15 is 0 Å². The van der Waals surface area contributed by atoms with Crippen molar-refractivity contribution in [2.24, 2.45) is 0 Å². The second-order valence-corrected chi connectivity index (χ2v) is 10.1. The van der Waals surface area contributed by atoms with E-state index in [0.717, 1.165) is 16.8 Å². The van der Waals surface area contributed by atoms with E-state index in [9.17, 15) is 0 Å². The molecule has 0 heterocycles. The highest BCUT2D eigenvalue weighted by Gasteiger charge is 2.24. The fraction of sp³-hybridized carbons (Fsp3) is 0.375. The van der Waals surface area contributed by atoms with Crippen molar-refractivity contribution in [2.45, 2.75) is 32.0 Å². The van der Waals surface area contributed by atoms with Crippen LogP contribution in [0.1, 0.15) is 13.8 Å². The Hall–Kier alpha value is -0.803. The van der Waals surface area contributed by atoms with Crippen molar-refractivity contribution in [1.29, 1.82) is 0 Å². The van der Waals surface area contributed by atoms with E-state index in [1.165, 1.54) is 10.8 Å². The molecule has 19 heavy (non-hydrogen) atoms. The van der Waals surface area contributed by atoms with Crippen LogP contribution in [0.2, 0.25) is 18.1 Å². The summed E-state index contributed by atoms with van der Waals surface area (Å²) in [5.41, 5.74) is 0. The largest absolute Gasteiger partial charge is 0.493 e. The Balaban J connectivity index is 2.16. The van der Waals surface area contributed by atoms with Gasteiger partial charge in [-0.2, -0.15) is 0 Å². The highest BCUT2D eigenvalue weighted by atomic mass is 79.9. The highest BCUT2D eigenvalue weighted by Crippen LogP contribution is 2.30. The molecule has 0 amide bonds. The summed E-state index contributed by atoms with van der Waals surface area (Å²) in [6.07, 6.45) is 0. The molecule has 2 aromatic carbocycles. The fourth-order valence-corrected chi connectivity index (χ4v) is 2.43. The Kier molecular flexibility index (Phi) is 4.36. The summed E-state index contributed by atoms with van der Waals surface area (Å²) in [4.78, 5) is 0. The Morgan fingerprint density at radius 2 is 1.68 bits per heavy atom. The fourth-order valence-electron chi connectivity index (χ4n) is 1.69. The van der Waals surface area contributed by atoms with Crippen molar-refractivity contribution >= 4 is 35.5 Å². The van der Waals surface area contributed by atoms with Gasteiger partial charge < -0.3 is 4.74 Å². The molecule has 0 aromatic heterocycles. The van der Waals surface area contributed by atoms with Gasteiger partial charge in [-0.15, -0.1) is 0 Å². The van der Waals surface area contributed by atoms with Gasteiger partial charge in [-0.3, -0.25) is 0 Å².